The van der Waals surface area contributed by atoms with E-state index >= 15 is 0 Å². The molecule has 108 valence electrons. The van der Waals surface area contributed by atoms with Gasteiger partial charge in [-0.25, -0.2) is 4.79 Å². The number of carbonyl (C=O) groups is 1. The van der Waals surface area contributed by atoms with E-state index in [1.807, 2.05) is 38.1 Å². The van der Waals surface area contributed by atoms with Crippen molar-refractivity contribution in [3.63, 3.8) is 0 Å². The normalized spacial score (nSPS) is 12.3. The summed E-state index contributed by atoms with van der Waals surface area (Å²) in [6.07, 6.45) is 0.689. The molecule has 0 saturated carbocycles. The highest BCUT2D eigenvalue weighted by atomic mass is 16.3. The SMILES string of the molecule is Cc1cc2cc(NC(=O)NCC(C)CCO)ccc2[nH]1. The molecule has 0 bridgehead atoms. The molecule has 0 spiro atoms. The van der Waals surface area contributed by atoms with Gasteiger partial charge in [0.15, 0.2) is 0 Å². The van der Waals surface area contributed by atoms with Gasteiger partial charge in [0, 0.05) is 35.4 Å². The smallest absolute Gasteiger partial charge is 0.319 e. The molecular weight excluding hydrogens is 254 g/mol. The van der Waals surface area contributed by atoms with Crippen LogP contribution in [0.1, 0.15) is 19.0 Å². The second-order valence-electron chi connectivity index (χ2n) is 5.21. The molecule has 5 nitrogen and oxygen atoms in total. The number of hydrogen-bond acceptors (Lipinski definition) is 2. The lowest BCUT2D eigenvalue weighted by atomic mass is 10.1. The number of aromatic nitrogens is 1. The number of amides is 2. The number of fused-ring (bicyclic) bond motifs is 1. The van der Waals surface area contributed by atoms with Crippen molar-refractivity contribution in [2.24, 2.45) is 5.92 Å². The number of aliphatic hydroxyl groups is 1. The summed E-state index contributed by atoms with van der Waals surface area (Å²) in [6, 6.07) is 7.58. The number of aliphatic hydroxyl groups excluding tert-OH is 1. The van der Waals surface area contributed by atoms with Crippen LogP contribution in [-0.4, -0.2) is 29.3 Å². The number of H-pyrrole nitrogens is 1. The number of carbonyl (C=O) groups excluding carboxylic acids is 1. The number of benzene rings is 1. The molecule has 2 rings (SSSR count). The summed E-state index contributed by atoms with van der Waals surface area (Å²) in [5.74, 6) is 0.264. The fraction of sp³-hybridized carbons (Fsp3) is 0.400. The Kier molecular flexibility index (Phi) is 4.63. The molecule has 1 unspecified atom stereocenters. The zero-order valence-corrected chi connectivity index (χ0v) is 11.9. The van der Waals surface area contributed by atoms with Gasteiger partial charge in [0.1, 0.15) is 0 Å². The van der Waals surface area contributed by atoms with Gasteiger partial charge in [0.05, 0.1) is 0 Å². The third-order valence-corrected chi connectivity index (χ3v) is 3.25. The van der Waals surface area contributed by atoms with Crippen molar-refractivity contribution in [1.29, 1.82) is 0 Å². The van der Waals surface area contributed by atoms with Crippen molar-refractivity contribution in [2.75, 3.05) is 18.5 Å². The van der Waals surface area contributed by atoms with Crippen LogP contribution >= 0.6 is 0 Å². The fourth-order valence-electron chi connectivity index (χ4n) is 2.12. The van der Waals surface area contributed by atoms with Crippen LogP contribution in [-0.2, 0) is 0 Å². The third-order valence-electron chi connectivity index (χ3n) is 3.25. The second kappa shape index (κ2) is 6.43. The summed E-state index contributed by atoms with van der Waals surface area (Å²) in [5.41, 5.74) is 2.92. The maximum Gasteiger partial charge on any atom is 0.319 e. The monoisotopic (exact) mass is 275 g/mol. The van der Waals surface area contributed by atoms with E-state index in [2.05, 4.69) is 15.6 Å². The van der Waals surface area contributed by atoms with Gasteiger partial charge in [-0.3, -0.25) is 0 Å². The van der Waals surface area contributed by atoms with Crippen molar-refractivity contribution in [3.05, 3.63) is 30.0 Å². The first kappa shape index (κ1) is 14.4. The van der Waals surface area contributed by atoms with Crippen LogP contribution < -0.4 is 10.6 Å². The Morgan fingerprint density at radius 2 is 2.20 bits per heavy atom. The number of anilines is 1. The zero-order valence-electron chi connectivity index (χ0n) is 11.9. The minimum atomic E-state index is -0.221. The molecule has 1 atom stereocenters. The zero-order chi connectivity index (χ0) is 14.5. The van der Waals surface area contributed by atoms with Gasteiger partial charge < -0.3 is 20.7 Å². The molecule has 2 amide bonds. The van der Waals surface area contributed by atoms with Crippen LogP contribution in [0.4, 0.5) is 10.5 Å². The minimum Gasteiger partial charge on any atom is -0.396 e. The van der Waals surface area contributed by atoms with Gasteiger partial charge >= 0.3 is 6.03 Å². The molecular formula is C15H21N3O2. The Hall–Kier alpha value is -2.01. The van der Waals surface area contributed by atoms with Gasteiger partial charge in [-0.05, 0) is 43.5 Å². The van der Waals surface area contributed by atoms with Crippen molar-refractivity contribution < 1.29 is 9.90 Å². The number of nitrogens with one attached hydrogen (secondary N) is 3. The summed E-state index contributed by atoms with van der Waals surface area (Å²) in [5, 5.41) is 15.5. The summed E-state index contributed by atoms with van der Waals surface area (Å²) in [6.45, 7) is 4.69. The molecule has 20 heavy (non-hydrogen) atoms. The third kappa shape index (κ3) is 3.74. The molecule has 1 aromatic heterocycles. The average molecular weight is 275 g/mol. The predicted octanol–water partition coefficient (Wildman–Crippen LogP) is 2.62. The molecule has 0 aliphatic rings. The predicted molar refractivity (Wildman–Crippen MR) is 80.9 cm³/mol. The quantitative estimate of drug-likeness (QED) is 0.677. The molecule has 0 radical (unpaired) electrons. The molecule has 0 fully saturated rings. The minimum absolute atomic E-state index is 0.147. The Morgan fingerprint density at radius 1 is 1.40 bits per heavy atom. The largest absolute Gasteiger partial charge is 0.396 e. The lowest BCUT2D eigenvalue weighted by molar-refractivity contribution is 0.243. The Bertz CT molecular complexity index is 592. The standard InChI is InChI=1S/C15H21N3O2/c1-10(5-6-19)9-16-15(20)18-13-3-4-14-12(8-13)7-11(2)17-14/h3-4,7-8,10,17,19H,5-6,9H2,1-2H3,(H2,16,18,20). The van der Waals surface area contributed by atoms with Crippen molar-refractivity contribution in [2.45, 2.75) is 20.3 Å². The Labute approximate surface area is 118 Å². The first-order valence-electron chi connectivity index (χ1n) is 6.83. The lowest BCUT2D eigenvalue weighted by Gasteiger charge is -2.12. The Morgan fingerprint density at radius 3 is 2.95 bits per heavy atom. The van der Waals surface area contributed by atoms with Crippen LogP contribution in [0.15, 0.2) is 24.3 Å². The van der Waals surface area contributed by atoms with E-state index in [9.17, 15) is 4.79 Å². The number of hydrogen-bond donors (Lipinski definition) is 4. The van der Waals surface area contributed by atoms with Crippen LogP contribution in [0.25, 0.3) is 10.9 Å². The average Bonchev–Trinajstić information content (AvgIpc) is 2.76. The highest BCUT2D eigenvalue weighted by molar-refractivity contribution is 5.92. The van der Waals surface area contributed by atoms with Crippen molar-refractivity contribution >= 4 is 22.6 Å². The van der Waals surface area contributed by atoms with E-state index in [0.29, 0.717) is 13.0 Å². The molecule has 1 heterocycles. The van der Waals surface area contributed by atoms with E-state index in [1.165, 1.54) is 0 Å². The van der Waals surface area contributed by atoms with E-state index in [4.69, 9.17) is 5.11 Å². The van der Waals surface area contributed by atoms with Gasteiger partial charge in [0.25, 0.3) is 0 Å². The van der Waals surface area contributed by atoms with Gasteiger partial charge in [0.2, 0.25) is 0 Å². The van der Waals surface area contributed by atoms with E-state index in [0.717, 1.165) is 22.3 Å². The second-order valence-corrected chi connectivity index (χ2v) is 5.21. The van der Waals surface area contributed by atoms with Crippen LogP contribution in [0.5, 0.6) is 0 Å². The summed E-state index contributed by atoms with van der Waals surface area (Å²) in [4.78, 5) is 15.0. The highest BCUT2D eigenvalue weighted by Gasteiger charge is 2.06. The van der Waals surface area contributed by atoms with Gasteiger partial charge in [-0.15, -0.1) is 0 Å². The van der Waals surface area contributed by atoms with Crippen LogP contribution in [0.2, 0.25) is 0 Å². The maximum absolute atomic E-state index is 11.8. The van der Waals surface area contributed by atoms with Gasteiger partial charge in [-0.1, -0.05) is 6.92 Å². The van der Waals surface area contributed by atoms with Crippen molar-refractivity contribution in [1.82, 2.24) is 10.3 Å². The van der Waals surface area contributed by atoms with Gasteiger partial charge in [-0.2, -0.15) is 0 Å². The molecule has 4 N–H and O–H groups in total. The highest BCUT2D eigenvalue weighted by Crippen LogP contribution is 2.19. The summed E-state index contributed by atoms with van der Waals surface area (Å²) < 4.78 is 0. The summed E-state index contributed by atoms with van der Waals surface area (Å²) in [7, 11) is 0. The Balaban J connectivity index is 1.92. The molecule has 5 heteroatoms. The number of rotatable bonds is 5. The first-order chi connectivity index (χ1) is 9.58. The number of urea groups is 1. The van der Waals surface area contributed by atoms with E-state index in [1.54, 1.807) is 0 Å². The molecule has 1 aromatic carbocycles. The topological polar surface area (TPSA) is 77.2 Å². The summed E-state index contributed by atoms with van der Waals surface area (Å²) >= 11 is 0. The lowest BCUT2D eigenvalue weighted by Crippen LogP contribution is -2.32. The van der Waals surface area contributed by atoms with Crippen LogP contribution in [0.3, 0.4) is 0 Å². The van der Waals surface area contributed by atoms with E-state index in [-0.39, 0.29) is 18.6 Å². The fourth-order valence-corrected chi connectivity index (χ4v) is 2.12. The van der Waals surface area contributed by atoms with Crippen LogP contribution in [0, 0.1) is 12.8 Å². The number of aromatic amines is 1. The first-order valence-corrected chi connectivity index (χ1v) is 6.83. The van der Waals surface area contributed by atoms with Crippen molar-refractivity contribution in [3.8, 4) is 0 Å². The molecule has 2 aromatic rings. The van der Waals surface area contributed by atoms with E-state index < -0.39 is 0 Å². The maximum atomic E-state index is 11.8. The molecule has 0 aliphatic carbocycles. The number of aryl methyl sites for hydroxylation is 1. The molecule has 0 aliphatic heterocycles. The molecule has 0 saturated heterocycles.